The van der Waals surface area contributed by atoms with Crippen LogP contribution in [0.1, 0.15) is 31.2 Å². The number of nitrogens with zero attached hydrogens (tertiary/aromatic N) is 3. The van der Waals surface area contributed by atoms with Gasteiger partial charge in [0.05, 0.1) is 13.2 Å². The van der Waals surface area contributed by atoms with Crippen molar-refractivity contribution in [3.63, 3.8) is 0 Å². The fourth-order valence-corrected chi connectivity index (χ4v) is 5.07. The molecule has 27 heavy (non-hydrogen) atoms. The minimum atomic E-state index is -0.259. The lowest BCUT2D eigenvalue weighted by molar-refractivity contribution is -0.139. The Labute approximate surface area is 160 Å². The summed E-state index contributed by atoms with van der Waals surface area (Å²) >= 11 is 0. The number of benzene rings is 1. The molecule has 1 atom stereocenters. The molecule has 144 valence electrons. The maximum Gasteiger partial charge on any atom is 0.243 e. The first-order valence-electron chi connectivity index (χ1n) is 10.2. The summed E-state index contributed by atoms with van der Waals surface area (Å²) in [6, 6.07) is 10.0. The molecule has 0 bridgehead atoms. The van der Waals surface area contributed by atoms with E-state index in [1.807, 2.05) is 23.1 Å². The summed E-state index contributed by atoms with van der Waals surface area (Å²) < 4.78 is 5.64. The third kappa shape index (κ3) is 2.86. The highest BCUT2D eigenvalue weighted by Gasteiger charge is 2.58. The molecule has 0 radical (unpaired) electrons. The van der Waals surface area contributed by atoms with E-state index in [2.05, 4.69) is 21.9 Å². The number of fused-ring (bicyclic) bond motifs is 2. The number of piperazine rings is 1. The van der Waals surface area contributed by atoms with Crippen molar-refractivity contribution in [2.24, 2.45) is 5.92 Å². The molecular formula is C21H27N3O3. The van der Waals surface area contributed by atoms with Gasteiger partial charge in [-0.05, 0) is 18.4 Å². The topological polar surface area (TPSA) is 53.1 Å². The molecule has 0 aromatic heterocycles. The molecule has 1 aromatic rings. The van der Waals surface area contributed by atoms with E-state index in [0.717, 1.165) is 44.3 Å². The molecule has 6 heteroatoms. The minimum absolute atomic E-state index is 0.175. The number of hydrogen-bond acceptors (Lipinski definition) is 4. The van der Waals surface area contributed by atoms with Gasteiger partial charge in [-0.2, -0.15) is 0 Å². The average molecular weight is 369 g/mol. The molecule has 0 N–H and O–H groups in total. The van der Waals surface area contributed by atoms with E-state index in [9.17, 15) is 9.59 Å². The van der Waals surface area contributed by atoms with Crippen LogP contribution in [0.3, 0.4) is 0 Å². The minimum Gasteiger partial charge on any atom is -0.381 e. The van der Waals surface area contributed by atoms with E-state index in [-0.39, 0.29) is 29.4 Å². The van der Waals surface area contributed by atoms with Gasteiger partial charge in [-0.1, -0.05) is 30.3 Å². The van der Waals surface area contributed by atoms with Crippen LogP contribution >= 0.6 is 0 Å². The van der Waals surface area contributed by atoms with Crippen molar-refractivity contribution in [2.45, 2.75) is 43.9 Å². The molecular weight excluding hydrogens is 342 g/mol. The van der Waals surface area contributed by atoms with Crippen molar-refractivity contribution >= 4 is 11.8 Å². The van der Waals surface area contributed by atoms with Crippen molar-refractivity contribution in [2.75, 3.05) is 32.8 Å². The third-order valence-corrected chi connectivity index (χ3v) is 6.68. The van der Waals surface area contributed by atoms with Crippen LogP contribution in [-0.4, -0.2) is 71.1 Å². The fourth-order valence-electron chi connectivity index (χ4n) is 5.07. The van der Waals surface area contributed by atoms with Gasteiger partial charge >= 0.3 is 0 Å². The quantitative estimate of drug-likeness (QED) is 0.810. The Morgan fingerprint density at radius 3 is 2.56 bits per heavy atom. The van der Waals surface area contributed by atoms with E-state index < -0.39 is 0 Å². The van der Waals surface area contributed by atoms with Gasteiger partial charge < -0.3 is 14.5 Å². The summed E-state index contributed by atoms with van der Waals surface area (Å²) in [5.41, 5.74) is 0.896. The van der Waals surface area contributed by atoms with Gasteiger partial charge in [0.15, 0.2) is 0 Å². The Hall–Kier alpha value is -1.92. The molecule has 2 amide bonds. The lowest BCUT2D eigenvalue weighted by Crippen LogP contribution is -2.62. The van der Waals surface area contributed by atoms with Gasteiger partial charge in [-0.3, -0.25) is 14.5 Å². The van der Waals surface area contributed by atoms with Crippen molar-refractivity contribution in [3.8, 4) is 0 Å². The SMILES string of the molecule is O=C(C1CC1)N1CCN2[C@H](C1)C(=O)N(Cc1ccccc1)C21CCOCC1. The Kier molecular flexibility index (Phi) is 4.20. The number of amides is 2. The van der Waals surface area contributed by atoms with Gasteiger partial charge in [0.25, 0.3) is 0 Å². The van der Waals surface area contributed by atoms with E-state index in [4.69, 9.17) is 4.74 Å². The summed E-state index contributed by atoms with van der Waals surface area (Å²) in [4.78, 5) is 32.4. The maximum atomic E-state index is 13.5. The van der Waals surface area contributed by atoms with Gasteiger partial charge in [-0.15, -0.1) is 0 Å². The summed E-state index contributed by atoms with van der Waals surface area (Å²) in [6.45, 7) is 4.06. The average Bonchev–Trinajstić information content (AvgIpc) is 3.54. The monoisotopic (exact) mass is 369 g/mol. The maximum absolute atomic E-state index is 13.5. The number of rotatable bonds is 3. The zero-order chi connectivity index (χ0) is 18.4. The molecule has 4 aliphatic rings. The number of hydrogen-bond donors (Lipinski definition) is 0. The van der Waals surface area contributed by atoms with E-state index >= 15 is 0 Å². The number of carbonyl (C=O) groups excluding carboxylic acids is 2. The van der Waals surface area contributed by atoms with Crippen molar-refractivity contribution in [3.05, 3.63) is 35.9 Å². The van der Waals surface area contributed by atoms with Crippen LogP contribution in [0.5, 0.6) is 0 Å². The van der Waals surface area contributed by atoms with Crippen LogP contribution < -0.4 is 0 Å². The second kappa shape index (κ2) is 6.60. The molecule has 4 fully saturated rings. The van der Waals surface area contributed by atoms with E-state index in [1.165, 1.54) is 0 Å². The van der Waals surface area contributed by atoms with Crippen LogP contribution in [0.4, 0.5) is 0 Å². The molecule has 1 saturated carbocycles. The highest BCUT2D eigenvalue weighted by atomic mass is 16.5. The van der Waals surface area contributed by atoms with Crippen LogP contribution in [-0.2, 0) is 20.9 Å². The summed E-state index contributed by atoms with van der Waals surface area (Å²) in [6.07, 6.45) is 3.72. The third-order valence-electron chi connectivity index (χ3n) is 6.68. The lowest BCUT2D eigenvalue weighted by Gasteiger charge is -2.49. The number of carbonyl (C=O) groups is 2. The molecule has 1 aromatic carbocycles. The lowest BCUT2D eigenvalue weighted by atomic mass is 9.96. The zero-order valence-electron chi connectivity index (χ0n) is 15.7. The predicted octanol–water partition coefficient (Wildman–Crippen LogP) is 1.46. The smallest absolute Gasteiger partial charge is 0.243 e. The summed E-state index contributed by atoms with van der Waals surface area (Å²) in [5, 5.41) is 0. The Balaban J connectivity index is 1.43. The molecule has 5 rings (SSSR count). The van der Waals surface area contributed by atoms with Crippen molar-refractivity contribution in [1.29, 1.82) is 0 Å². The first kappa shape index (κ1) is 17.2. The number of ether oxygens (including phenoxy) is 1. The van der Waals surface area contributed by atoms with Crippen LogP contribution in [0, 0.1) is 5.92 Å². The highest BCUT2D eigenvalue weighted by molar-refractivity contribution is 5.87. The normalized spacial score (nSPS) is 27.9. The molecule has 1 aliphatic carbocycles. The second-order valence-corrected chi connectivity index (χ2v) is 8.27. The summed E-state index contributed by atoms with van der Waals surface area (Å²) in [7, 11) is 0. The first-order valence-corrected chi connectivity index (χ1v) is 10.2. The van der Waals surface area contributed by atoms with Crippen molar-refractivity contribution < 1.29 is 14.3 Å². The Morgan fingerprint density at radius 1 is 1.11 bits per heavy atom. The van der Waals surface area contributed by atoms with Gasteiger partial charge in [0.2, 0.25) is 11.8 Å². The molecule has 0 unspecified atom stereocenters. The second-order valence-electron chi connectivity index (χ2n) is 8.27. The van der Waals surface area contributed by atoms with Crippen LogP contribution in [0.15, 0.2) is 30.3 Å². The van der Waals surface area contributed by atoms with Crippen molar-refractivity contribution in [1.82, 2.24) is 14.7 Å². The molecule has 3 heterocycles. The molecule has 1 spiro atoms. The van der Waals surface area contributed by atoms with E-state index in [1.54, 1.807) is 0 Å². The summed E-state index contributed by atoms with van der Waals surface area (Å²) in [5.74, 6) is 0.643. The van der Waals surface area contributed by atoms with Gasteiger partial charge in [0.1, 0.15) is 11.7 Å². The first-order chi connectivity index (χ1) is 13.2. The fraction of sp³-hybridized carbons (Fsp3) is 0.619. The van der Waals surface area contributed by atoms with Gasteiger partial charge in [0, 0.05) is 44.9 Å². The Bertz CT molecular complexity index is 727. The van der Waals surface area contributed by atoms with E-state index in [0.29, 0.717) is 26.3 Å². The standard InChI is InChI=1S/C21H27N3O3/c25-19(17-6-7-17)22-10-11-23-18(15-22)20(26)24(14-16-4-2-1-3-5-16)21(23)8-12-27-13-9-21/h1-5,17-18H,6-15H2/t18-/m1/s1. The predicted molar refractivity (Wildman–Crippen MR) is 99.6 cm³/mol. The molecule has 3 saturated heterocycles. The van der Waals surface area contributed by atoms with Gasteiger partial charge in [-0.25, -0.2) is 0 Å². The Morgan fingerprint density at radius 2 is 1.85 bits per heavy atom. The highest BCUT2D eigenvalue weighted by Crippen LogP contribution is 2.42. The zero-order valence-corrected chi connectivity index (χ0v) is 15.7. The molecule has 3 aliphatic heterocycles. The van der Waals surface area contributed by atoms with Crippen LogP contribution in [0.2, 0.25) is 0 Å². The largest absolute Gasteiger partial charge is 0.381 e. The van der Waals surface area contributed by atoms with Crippen LogP contribution in [0.25, 0.3) is 0 Å². The molecule has 6 nitrogen and oxygen atoms in total.